The van der Waals surface area contributed by atoms with Gasteiger partial charge in [0, 0.05) is 36.6 Å². The zero-order chi connectivity index (χ0) is 24.7. The van der Waals surface area contributed by atoms with Gasteiger partial charge in [0.15, 0.2) is 11.2 Å². The molecule has 178 valence electrons. The van der Waals surface area contributed by atoms with Crippen LogP contribution < -0.4 is 21.9 Å². The Bertz CT molecular complexity index is 1250. The van der Waals surface area contributed by atoms with Crippen LogP contribution in [0.4, 0.5) is 11.6 Å². The number of hydrogen-bond acceptors (Lipinski definition) is 9. The van der Waals surface area contributed by atoms with Crippen LogP contribution in [0.5, 0.6) is 0 Å². The van der Waals surface area contributed by atoms with Crippen molar-refractivity contribution in [3.05, 3.63) is 52.1 Å². The average Bonchev–Trinajstić information content (AvgIpc) is 2.80. The van der Waals surface area contributed by atoms with E-state index in [1.54, 1.807) is 31.2 Å². The van der Waals surface area contributed by atoms with Crippen molar-refractivity contribution in [2.24, 2.45) is 5.92 Å². The van der Waals surface area contributed by atoms with Gasteiger partial charge in [-0.3, -0.25) is 24.2 Å². The monoisotopic (exact) mass is 465 g/mol. The summed E-state index contributed by atoms with van der Waals surface area (Å²) in [4.78, 5) is 62.0. The summed E-state index contributed by atoms with van der Waals surface area (Å²) in [5, 5.41) is 5.95. The van der Waals surface area contributed by atoms with Crippen molar-refractivity contribution in [3.63, 3.8) is 0 Å². The molecular formula is C23H27N7O4. The van der Waals surface area contributed by atoms with Crippen molar-refractivity contribution in [3.8, 4) is 0 Å². The first kappa shape index (κ1) is 24.5. The summed E-state index contributed by atoms with van der Waals surface area (Å²) >= 11 is 0. The number of rotatable bonds is 11. The van der Waals surface area contributed by atoms with E-state index in [2.05, 4.69) is 30.6 Å². The normalized spacial score (nSPS) is 11.7. The number of hydrogen-bond donors (Lipinski definition) is 4. The van der Waals surface area contributed by atoms with Gasteiger partial charge >= 0.3 is 0 Å². The summed E-state index contributed by atoms with van der Waals surface area (Å²) in [6, 6.07) is 6.87. The van der Waals surface area contributed by atoms with Gasteiger partial charge in [0.1, 0.15) is 11.6 Å². The van der Waals surface area contributed by atoms with Crippen LogP contribution in [0.3, 0.4) is 0 Å². The van der Waals surface area contributed by atoms with Gasteiger partial charge in [0.2, 0.25) is 5.95 Å². The second kappa shape index (κ2) is 11.1. The summed E-state index contributed by atoms with van der Waals surface area (Å²) in [5.41, 5.74) is 7.12. The number of nitrogen functional groups attached to an aromatic ring is 1. The lowest BCUT2D eigenvalue weighted by Crippen LogP contribution is -2.25. The standard InChI is InChI=1S/C23H27N7O4/c1-13(14(2)31)10-18(32)4-3-9-25-21(33)15-5-7-16(8-6-15)26-11-17-12-27-20-19(28-17)22(34)30-23(24)29-20/h5-8,12-13,26H,3-4,9-11H2,1-2H3,(H,25,33)(H3,24,27,29,30,34)/t13-/m1/s1. The van der Waals surface area contributed by atoms with Gasteiger partial charge in [-0.05, 0) is 37.6 Å². The van der Waals surface area contributed by atoms with Crippen LogP contribution in [-0.4, -0.2) is 44.0 Å². The molecule has 2 heterocycles. The predicted molar refractivity (Wildman–Crippen MR) is 127 cm³/mol. The molecule has 2 aromatic heterocycles. The molecule has 34 heavy (non-hydrogen) atoms. The van der Waals surface area contributed by atoms with E-state index in [1.165, 1.54) is 13.1 Å². The number of ketones is 2. The van der Waals surface area contributed by atoms with E-state index >= 15 is 0 Å². The maximum atomic E-state index is 12.3. The molecule has 1 atom stereocenters. The molecule has 0 aliphatic rings. The maximum absolute atomic E-state index is 12.3. The van der Waals surface area contributed by atoms with Crippen LogP contribution in [0.25, 0.3) is 11.2 Å². The number of fused-ring (bicyclic) bond motifs is 1. The number of amides is 1. The Morgan fingerprint density at radius 2 is 1.88 bits per heavy atom. The summed E-state index contributed by atoms with van der Waals surface area (Å²) < 4.78 is 0. The van der Waals surface area contributed by atoms with Crippen LogP contribution in [0.2, 0.25) is 0 Å². The molecule has 0 spiro atoms. The molecule has 0 saturated carbocycles. The predicted octanol–water partition coefficient (Wildman–Crippen LogP) is 1.60. The van der Waals surface area contributed by atoms with Crippen molar-refractivity contribution in [1.82, 2.24) is 25.3 Å². The Balaban J connectivity index is 1.46. The highest BCUT2D eigenvalue weighted by Gasteiger charge is 2.13. The Labute approximate surface area is 195 Å². The van der Waals surface area contributed by atoms with Crippen LogP contribution in [0, 0.1) is 5.92 Å². The minimum absolute atomic E-state index is 0.00272. The van der Waals surface area contributed by atoms with Crippen molar-refractivity contribution < 1.29 is 14.4 Å². The van der Waals surface area contributed by atoms with Gasteiger partial charge in [-0.1, -0.05) is 6.92 Å². The van der Waals surface area contributed by atoms with Gasteiger partial charge in [0.25, 0.3) is 11.5 Å². The van der Waals surface area contributed by atoms with Gasteiger partial charge in [-0.2, -0.15) is 4.98 Å². The minimum Gasteiger partial charge on any atom is -0.379 e. The van der Waals surface area contributed by atoms with Crippen LogP contribution in [-0.2, 0) is 16.1 Å². The Morgan fingerprint density at radius 1 is 1.15 bits per heavy atom. The van der Waals surface area contributed by atoms with E-state index in [0.29, 0.717) is 37.2 Å². The van der Waals surface area contributed by atoms with Crippen LogP contribution in [0.15, 0.2) is 35.3 Å². The van der Waals surface area contributed by atoms with E-state index in [-0.39, 0.29) is 46.9 Å². The fourth-order valence-electron chi connectivity index (χ4n) is 3.17. The first-order chi connectivity index (χ1) is 16.2. The molecule has 5 N–H and O–H groups in total. The van der Waals surface area contributed by atoms with E-state index in [1.807, 2.05) is 0 Å². The Hall–Kier alpha value is -4.15. The molecule has 3 rings (SSSR count). The van der Waals surface area contributed by atoms with Crippen molar-refractivity contribution >= 4 is 40.3 Å². The number of nitrogens with zero attached hydrogens (tertiary/aromatic N) is 3. The minimum atomic E-state index is -0.456. The topological polar surface area (TPSA) is 173 Å². The third-order valence-electron chi connectivity index (χ3n) is 5.25. The highest BCUT2D eigenvalue weighted by Crippen LogP contribution is 2.12. The lowest BCUT2D eigenvalue weighted by Gasteiger charge is -2.09. The van der Waals surface area contributed by atoms with Crippen molar-refractivity contribution in [1.29, 1.82) is 0 Å². The number of benzene rings is 1. The molecule has 1 aromatic carbocycles. The second-order valence-corrected chi connectivity index (χ2v) is 8.03. The highest BCUT2D eigenvalue weighted by molar-refractivity contribution is 5.94. The molecule has 0 aliphatic carbocycles. The summed E-state index contributed by atoms with van der Waals surface area (Å²) in [7, 11) is 0. The second-order valence-electron chi connectivity index (χ2n) is 8.03. The Morgan fingerprint density at radius 3 is 2.59 bits per heavy atom. The molecular weight excluding hydrogens is 438 g/mol. The summed E-state index contributed by atoms with van der Waals surface area (Å²) in [5.74, 6) is -0.491. The lowest BCUT2D eigenvalue weighted by molar-refractivity contribution is -0.126. The SMILES string of the molecule is CC(=O)[C@H](C)CC(=O)CCCNC(=O)c1ccc(NCc2cnc3nc(N)[nH]c(=O)c3n2)cc1. The number of nitrogens with one attached hydrogen (secondary N) is 3. The lowest BCUT2D eigenvalue weighted by atomic mass is 9.99. The fourth-order valence-corrected chi connectivity index (χ4v) is 3.17. The van der Waals surface area contributed by atoms with Gasteiger partial charge in [-0.25, -0.2) is 9.97 Å². The van der Waals surface area contributed by atoms with Crippen LogP contribution in [0.1, 0.15) is 49.2 Å². The zero-order valence-corrected chi connectivity index (χ0v) is 19.1. The molecule has 0 saturated heterocycles. The average molecular weight is 466 g/mol. The number of Topliss-reactive ketones (excluding diaryl/α,β-unsaturated/α-hetero) is 2. The first-order valence-electron chi connectivity index (χ1n) is 10.9. The number of carbonyl (C=O) groups excluding carboxylic acids is 3. The Kier molecular flexibility index (Phi) is 8.01. The van der Waals surface area contributed by atoms with Crippen LogP contribution >= 0.6 is 0 Å². The van der Waals surface area contributed by atoms with Gasteiger partial charge in [-0.15, -0.1) is 0 Å². The molecule has 0 aliphatic heterocycles. The third-order valence-corrected chi connectivity index (χ3v) is 5.25. The zero-order valence-electron chi connectivity index (χ0n) is 19.1. The van der Waals surface area contributed by atoms with E-state index in [0.717, 1.165) is 5.69 Å². The van der Waals surface area contributed by atoms with E-state index < -0.39 is 5.56 Å². The molecule has 11 heteroatoms. The first-order valence-corrected chi connectivity index (χ1v) is 10.9. The maximum Gasteiger partial charge on any atom is 0.280 e. The fraction of sp³-hybridized carbons (Fsp3) is 0.348. The quantitative estimate of drug-likeness (QED) is 0.307. The third kappa shape index (κ3) is 6.67. The molecule has 3 aromatic rings. The molecule has 0 unspecified atom stereocenters. The van der Waals surface area contributed by atoms with Gasteiger partial charge in [0.05, 0.1) is 18.4 Å². The highest BCUT2D eigenvalue weighted by atomic mass is 16.2. The molecule has 0 fully saturated rings. The molecule has 0 radical (unpaired) electrons. The number of anilines is 2. The van der Waals surface area contributed by atoms with Crippen molar-refractivity contribution in [2.75, 3.05) is 17.6 Å². The molecule has 0 bridgehead atoms. The number of aromatic nitrogens is 4. The molecule has 1 amide bonds. The number of carbonyl (C=O) groups is 3. The number of H-pyrrole nitrogens is 1. The smallest absolute Gasteiger partial charge is 0.280 e. The number of aromatic amines is 1. The summed E-state index contributed by atoms with van der Waals surface area (Å²) in [6.07, 6.45) is 2.60. The summed E-state index contributed by atoms with van der Waals surface area (Å²) in [6.45, 7) is 3.91. The largest absolute Gasteiger partial charge is 0.379 e. The molecule has 11 nitrogen and oxygen atoms in total. The van der Waals surface area contributed by atoms with E-state index in [4.69, 9.17) is 5.73 Å². The van der Waals surface area contributed by atoms with Gasteiger partial charge < -0.3 is 16.4 Å². The van der Waals surface area contributed by atoms with Crippen molar-refractivity contribution in [2.45, 2.75) is 39.7 Å². The van der Waals surface area contributed by atoms with E-state index in [9.17, 15) is 19.2 Å². The number of nitrogens with two attached hydrogens (primary N) is 1.